The molecule has 1 unspecified atom stereocenters. The van der Waals surface area contributed by atoms with Crippen LogP contribution < -0.4 is 10.2 Å². The standard InChI is InChI=1S/C15H20N4/c1-12(16-2)14-4-5-15(18-10-14)19(3)11-13-6-8-17-9-7-13/h4-10,12,16H,11H2,1-3H3. The first-order valence-electron chi connectivity index (χ1n) is 6.44. The van der Waals surface area contributed by atoms with Gasteiger partial charge in [-0.3, -0.25) is 4.98 Å². The van der Waals surface area contributed by atoms with E-state index in [1.807, 2.05) is 44.8 Å². The Labute approximate surface area is 114 Å². The van der Waals surface area contributed by atoms with Crippen molar-refractivity contribution in [3.05, 3.63) is 54.0 Å². The van der Waals surface area contributed by atoms with Gasteiger partial charge in [0.1, 0.15) is 5.82 Å². The number of nitrogens with zero attached hydrogens (tertiary/aromatic N) is 3. The van der Waals surface area contributed by atoms with Gasteiger partial charge < -0.3 is 10.2 Å². The van der Waals surface area contributed by atoms with Gasteiger partial charge in [0.15, 0.2) is 0 Å². The summed E-state index contributed by atoms with van der Waals surface area (Å²) in [7, 11) is 4.00. The summed E-state index contributed by atoms with van der Waals surface area (Å²) in [6.07, 6.45) is 5.56. The molecule has 0 bridgehead atoms. The molecule has 0 radical (unpaired) electrons. The van der Waals surface area contributed by atoms with E-state index in [1.54, 1.807) is 0 Å². The molecule has 2 aromatic heterocycles. The molecule has 1 N–H and O–H groups in total. The van der Waals surface area contributed by atoms with E-state index in [-0.39, 0.29) is 0 Å². The fraction of sp³-hybridized carbons (Fsp3) is 0.333. The van der Waals surface area contributed by atoms with Gasteiger partial charge >= 0.3 is 0 Å². The second kappa shape index (κ2) is 6.29. The zero-order valence-electron chi connectivity index (χ0n) is 11.7. The highest BCUT2D eigenvalue weighted by Crippen LogP contribution is 2.16. The molecule has 0 aliphatic carbocycles. The van der Waals surface area contributed by atoms with Crippen LogP contribution in [0.2, 0.25) is 0 Å². The molecule has 4 heteroatoms. The van der Waals surface area contributed by atoms with E-state index in [0.717, 1.165) is 12.4 Å². The van der Waals surface area contributed by atoms with Crippen LogP contribution in [0.3, 0.4) is 0 Å². The predicted molar refractivity (Wildman–Crippen MR) is 78.1 cm³/mol. The van der Waals surface area contributed by atoms with Crippen molar-refractivity contribution >= 4 is 5.82 Å². The van der Waals surface area contributed by atoms with Crippen LogP contribution in [0.15, 0.2) is 42.9 Å². The lowest BCUT2D eigenvalue weighted by Gasteiger charge is -2.19. The van der Waals surface area contributed by atoms with Gasteiger partial charge in [-0.25, -0.2) is 4.98 Å². The van der Waals surface area contributed by atoms with E-state index in [2.05, 4.69) is 39.2 Å². The van der Waals surface area contributed by atoms with E-state index in [9.17, 15) is 0 Å². The maximum atomic E-state index is 4.51. The molecule has 0 aromatic carbocycles. The lowest BCUT2D eigenvalue weighted by atomic mass is 10.1. The van der Waals surface area contributed by atoms with Gasteiger partial charge in [-0.15, -0.1) is 0 Å². The monoisotopic (exact) mass is 256 g/mol. The molecular weight excluding hydrogens is 236 g/mol. The Morgan fingerprint density at radius 1 is 1.21 bits per heavy atom. The third-order valence-electron chi connectivity index (χ3n) is 3.26. The quantitative estimate of drug-likeness (QED) is 0.892. The Balaban J connectivity index is 2.05. The van der Waals surface area contributed by atoms with Crippen molar-refractivity contribution in [1.82, 2.24) is 15.3 Å². The third-order valence-corrected chi connectivity index (χ3v) is 3.26. The van der Waals surface area contributed by atoms with Crippen molar-refractivity contribution in [2.75, 3.05) is 19.0 Å². The van der Waals surface area contributed by atoms with E-state index in [4.69, 9.17) is 0 Å². The summed E-state index contributed by atoms with van der Waals surface area (Å²) >= 11 is 0. The van der Waals surface area contributed by atoms with Crippen molar-refractivity contribution in [2.24, 2.45) is 0 Å². The Kier molecular flexibility index (Phi) is 4.47. The highest BCUT2D eigenvalue weighted by molar-refractivity contribution is 5.39. The van der Waals surface area contributed by atoms with Gasteiger partial charge in [-0.05, 0) is 43.3 Å². The molecule has 19 heavy (non-hydrogen) atoms. The van der Waals surface area contributed by atoms with Crippen LogP contribution in [0.5, 0.6) is 0 Å². The average molecular weight is 256 g/mol. The highest BCUT2D eigenvalue weighted by Gasteiger charge is 2.06. The maximum absolute atomic E-state index is 4.51. The largest absolute Gasteiger partial charge is 0.355 e. The molecule has 2 heterocycles. The van der Waals surface area contributed by atoms with Gasteiger partial charge in [0.05, 0.1) is 0 Å². The van der Waals surface area contributed by atoms with Crippen molar-refractivity contribution < 1.29 is 0 Å². The van der Waals surface area contributed by atoms with Gasteiger partial charge in [-0.2, -0.15) is 0 Å². The minimum atomic E-state index is 0.326. The van der Waals surface area contributed by atoms with E-state index >= 15 is 0 Å². The number of hydrogen-bond donors (Lipinski definition) is 1. The first-order valence-corrected chi connectivity index (χ1v) is 6.44. The van der Waals surface area contributed by atoms with Gasteiger partial charge in [0.25, 0.3) is 0 Å². The van der Waals surface area contributed by atoms with Crippen molar-refractivity contribution in [3.8, 4) is 0 Å². The second-order valence-electron chi connectivity index (χ2n) is 4.67. The first-order chi connectivity index (χ1) is 9.20. The molecule has 0 saturated heterocycles. The SMILES string of the molecule is CNC(C)c1ccc(N(C)Cc2ccncc2)nc1. The normalized spacial score (nSPS) is 12.2. The second-order valence-corrected chi connectivity index (χ2v) is 4.67. The van der Waals surface area contributed by atoms with Crippen LogP contribution in [0.1, 0.15) is 24.1 Å². The van der Waals surface area contributed by atoms with Crippen molar-refractivity contribution in [2.45, 2.75) is 19.5 Å². The molecule has 0 aliphatic rings. The Bertz CT molecular complexity index is 495. The van der Waals surface area contributed by atoms with Crippen LogP contribution >= 0.6 is 0 Å². The molecule has 0 fully saturated rings. The molecule has 0 saturated carbocycles. The summed E-state index contributed by atoms with van der Waals surface area (Å²) in [5, 5.41) is 3.21. The summed E-state index contributed by atoms with van der Waals surface area (Å²) in [4.78, 5) is 10.7. The fourth-order valence-electron chi connectivity index (χ4n) is 1.89. The van der Waals surface area contributed by atoms with Gasteiger partial charge in [0, 0.05) is 38.2 Å². The lowest BCUT2D eigenvalue weighted by molar-refractivity contribution is 0.649. The predicted octanol–water partition coefficient (Wildman–Crippen LogP) is 2.39. The van der Waals surface area contributed by atoms with E-state index in [1.165, 1.54) is 11.1 Å². The first kappa shape index (κ1) is 13.5. The highest BCUT2D eigenvalue weighted by atomic mass is 15.2. The summed E-state index contributed by atoms with van der Waals surface area (Å²) in [5.41, 5.74) is 2.43. The average Bonchev–Trinajstić information content (AvgIpc) is 2.47. The molecule has 0 aliphatic heterocycles. The van der Waals surface area contributed by atoms with E-state index in [0.29, 0.717) is 6.04 Å². The van der Waals surface area contributed by atoms with Crippen molar-refractivity contribution in [1.29, 1.82) is 0 Å². The number of aromatic nitrogens is 2. The van der Waals surface area contributed by atoms with Gasteiger partial charge in [0.2, 0.25) is 0 Å². The Morgan fingerprint density at radius 3 is 2.53 bits per heavy atom. The summed E-state index contributed by atoms with van der Waals surface area (Å²) in [6.45, 7) is 2.95. The number of pyridine rings is 2. The Hall–Kier alpha value is -1.94. The molecule has 1 atom stereocenters. The topological polar surface area (TPSA) is 41.0 Å². The molecular formula is C15H20N4. The Morgan fingerprint density at radius 2 is 1.95 bits per heavy atom. The summed E-state index contributed by atoms with van der Waals surface area (Å²) in [5.74, 6) is 0.976. The molecule has 0 amide bonds. The zero-order chi connectivity index (χ0) is 13.7. The lowest BCUT2D eigenvalue weighted by Crippen LogP contribution is -2.18. The number of rotatable bonds is 5. The van der Waals surface area contributed by atoms with Gasteiger partial charge in [-0.1, -0.05) is 6.07 Å². The fourth-order valence-corrected chi connectivity index (χ4v) is 1.89. The molecule has 4 nitrogen and oxygen atoms in total. The maximum Gasteiger partial charge on any atom is 0.128 e. The van der Waals surface area contributed by atoms with Crippen LogP contribution in [0.4, 0.5) is 5.82 Å². The van der Waals surface area contributed by atoms with E-state index < -0.39 is 0 Å². The number of nitrogens with one attached hydrogen (secondary N) is 1. The number of anilines is 1. The summed E-state index contributed by atoms with van der Waals surface area (Å²) in [6, 6.07) is 8.55. The molecule has 0 spiro atoms. The minimum Gasteiger partial charge on any atom is -0.355 e. The zero-order valence-corrected chi connectivity index (χ0v) is 11.7. The molecule has 2 rings (SSSR count). The smallest absolute Gasteiger partial charge is 0.128 e. The summed E-state index contributed by atoms with van der Waals surface area (Å²) < 4.78 is 0. The van der Waals surface area contributed by atoms with Crippen LogP contribution in [0.25, 0.3) is 0 Å². The molecule has 2 aromatic rings. The van der Waals surface area contributed by atoms with Crippen LogP contribution in [0, 0.1) is 0 Å². The number of hydrogen-bond acceptors (Lipinski definition) is 4. The minimum absolute atomic E-state index is 0.326. The van der Waals surface area contributed by atoms with Crippen LogP contribution in [-0.4, -0.2) is 24.1 Å². The van der Waals surface area contributed by atoms with Crippen molar-refractivity contribution in [3.63, 3.8) is 0 Å². The third kappa shape index (κ3) is 3.51. The molecule has 100 valence electrons. The van der Waals surface area contributed by atoms with Crippen LogP contribution in [-0.2, 0) is 6.54 Å².